The average molecular weight is 273 g/mol. The number of hydrogen-bond donors (Lipinski definition) is 2. The van der Waals surface area contributed by atoms with Crippen LogP contribution in [0, 0.1) is 0 Å². The van der Waals surface area contributed by atoms with Crippen LogP contribution in [0.1, 0.15) is 17.2 Å². The van der Waals surface area contributed by atoms with Gasteiger partial charge in [0.25, 0.3) is 0 Å². The number of carbonyl (C=O) groups excluding carboxylic acids is 1. The molecule has 0 bridgehead atoms. The quantitative estimate of drug-likeness (QED) is 0.823. The van der Waals surface area contributed by atoms with Crippen LogP contribution in [-0.4, -0.2) is 17.6 Å². The van der Waals surface area contributed by atoms with Crippen molar-refractivity contribution in [3.05, 3.63) is 64.4 Å². The topological polar surface area (TPSA) is 49.3 Å². The molecule has 4 heteroatoms. The van der Waals surface area contributed by atoms with E-state index in [1.54, 1.807) is 6.08 Å². The Balaban J connectivity index is 1.80. The van der Waals surface area contributed by atoms with Gasteiger partial charge in [-0.25, -0.2) is 0 Å². The van der Waals surface area contributed by atoms with Crippen molar-refractivity contribution in [3.8, 4) is 0 Å². The fourth-order valence-electron chi connectivity index (χ4n) is 1.57. The van der Waals surface area contributed by atoms with Crippen molar-refractivity contribution in [3.63, 3.8) is 0 Å². The summed E-state index contributed by atoms with van der Waals surface area (Å²) in [6.07, 6.45) is 2.56. The van der Waals surface area contributed by atoms with E-state index in [-0.39, 0.29) is 12.5 Å². The first-order valence-corrected chi connectivity index (χ1v) is 6.91. The van der Waals surface area contributed by atoms with Crippen molar-refractivity contribution in [1.29, 1.82) is 0 Å². The van der Waals surface area contributed by atoms with Gasteiger partial charge in [-0.15, -0.1) is 0 Å². The summed E-state index contributed by atoms with van der Waals surface area (Å²) in [7, 11) is 0. The normalized spacial score (nSPS) is 12.5. The summed E-state index contributed by atoms with van der Waals surface area (Å²) >= 11 is 1.52. The SMILES string of the molecule is O=C(/C=C/c1ccccc1)NCC(O)c1ccsc1. The number of rotatable bonds is 5. The summed E-state index contributed by atoms with van der Waals surface area (Å²) in [6, 6.07) is 11.4. The first-order chi connectivity index (χ1) is 9.25. The maximum Gasteiger partial charge on any atom is 0.244 e. The van der Waals surface area contributed by atoms with Gasteiger partial charge in [-0.05, 0) is 34.0 Å². The first kappa shape index (κ1) is 13.5. The van der Waals surface area contributed by atoms with E-state index < -0.39 is 6.10 Å². The Kier molecular flexibility index (Phi) is 4.89. The summed E-state index contributed by atoms with van der Waals surface area (Å²) in [5, 5.41) is 16.3. The molecule has 19 heavy (non-hydrogen) atoms. The minimum atomic E-state index is -0.652. The van der Waals surface area contributed by atoms with E-state index in [0.29, 0.717) is 0 Å². The van der Waals surface area contributed by atoms with Gasteiger partial charge in [-0.2, -0.15) is 11.3 Å². The first-order valence-electron chi connectivity index (χ1n) is 5.97. The van der Waals surface area contributed by atoms with Crippen molar-refractivity contribution < 1.29 is 9.90 Å². The van der Waals surface area contributed by atoms with Gasteiger partial charge in [-0.1, -0.05) is 30.3 Å². The average Bonchev–Trinajstić information content (AvgIpc) is 2.98. The fraction of sp³-hybridized carbons (Fsp3) is 0.133. The molecule has 0 aliphatic carbocycles. The Morgan fingerprint density at radius 3 is 2.79 bits per heavy atom. The summed E-state index contributed by atoms with van der Waals surface area (Å²) < 4.78 is 0. The fourth-order valence-corrected chi connectivity index (χ4v) is 2.28. The molecule has 1 aromatic carbocycles. The van der Waals surface area contributed by atoms with Gasteiger partial charge in [0.1, 0.15) is 0 Å². The molecule has 2 N–H and O–H groups in total. The zero-order valence-corrected chi connectivity index (χ0v) is 11.1. The zero-order chi connectivity index (χ0) is 13.5. The highest BCUT2D eigenvalue weighted by Crippen LogP contribution is 2.14. The predicted molar refractivity (Wildman–Crippen MR) is 77.8 cm³/mol. The maximum absolute atomic E-state index is 11.6. The van der Waals surface area contributed by atoms with Crippen LogP contribution in [0.2, 0.25) is 0 Å². The third kappa shape index (κ3) is 4.35. The number of hydrogen-bond acceptors (Lipinski definition) is 3. The number of aliphatic hydroxyl groups excluding tert-OH is 1. The Morgan fingerprint density at radius 2 is 2.11 bits per heavy atom. The number of amides is 1. The lowest BCUT2D eigenvalue weighted by atomic mass is 10.2. The van der Waals surface area contributed by atoms with Crippen molar-refractivity contribution in [2.45, 2.75) is 6.10 Å². The van der Waals surface area contributed by atoms with Gasteiger partial charge >= 0.3 is 0 Å². The summed E-state index contributed by atoms with van der Waals surface area (Å²) in [5.74, 6) is -0.210. The highest BCUT2D eigenvalue weighted by molar-refractivity contribution is 7.07. The molecule has 0 saturated heterocycles. The Bertz CT molecular complexity index is 535. The molecule has 1 amide bonds. The van der Waals surface area contributed by atoms with Gasteiger partial charge < -0.3 is 10.4 Å². The lowest BCUT2D eigenvalue weighted by Gasteiger charge is -2.08. The standard InChI is InChI=1S/C15H15NO2S/c17-14(13-8-9-19-11-13)10-16-15(18)7-6-12-4-2-1-3-5-12/h1-9,11,14,17H,10H2,(H,16,18)/b7-6+. The third-order valence-corrected chi connectivity index (χ3v) is 3.33. The highest BCUT2D eigenvalue weighted by atomic mass is 32.1. The molecule has 1 heterocycles. The van der Waals surface area contributed by atoms with E-state index in [1.807, 2.05) is 47.2 Å². The number of nitrogens with one attached hydrogen (secondary N) is 1. The van der Waals surface area contributed by atoms with Crippen molar-refractivity contribution in [2.24, 2.45) is 0 Å². The number of aliphatic hydroxyl groups is 1. The Labute approximate surface area is 116 Å². The molecular weight excluding hydrogens is 258 g/mol. The molecule has 1 unspecified atom stereocenters. The third-order valence-electron chi connectivity index (χ3n) is 2.62. The van der Waals surface area contributed by atoms with Crippen molar-refractivity contribution in [1.82, 2.24) is 5.32 Å². The van der Waals surface area contributed by atoms with E-state index in [2.05, 4.69) is 5.32 Å². The number of thiophene rings is 1. The van der Waals surface area contributed by atoms with Gasteiger partial charge in [0.05, 0.1) is 6.10 Å². The van der Waals surface area contributed by atoms with Crippen LogP contribution in [0.5, 0.6) is 0 Å². The molecule has 0 saturated carbocycles. The summed E-state index contributed by atoms with van der Waals surface area (Å²) in [6.45, 7) is 0.217. The monoisotopic (exact) mass is 273 g/mol. The van der Waals surface area contributed by atoms with E-state index >= 15 is 0 Å². The molecule has 98 valence electrons. The van der Waals surface area contributed by atoms with Gasteiger partial charge in [0.15, 0.2) is 0 Å². The second-order valence-electron chi connectivity index (χ2n) is 4.06. The van der Waals surface area contributed by atoms with Crippen molar-refractivity contribution in [2.75, 3.05) is 6.54 Å². The van der Waals surface area contributed by atoms with Crippen molar-refractivity contribution >= 4 is 23.3 Å². The molecular formula is C15H15NO2S. The van der Waals surface area contributed by atoms with E-state index in [0.717, 1.165) is 11.1 Å². The molecule has 1 atom stereocenters. The second-order valence-corrected chi connectivity index (χ2v) is 4.84. The van der Waals surface area contributed by atoms with Crippen LogP contribution in [-0.2, 0) is 4.79 Å². The molecule has 0 aliphatic rings. The largest absolute Gasteiger partial charge is 0.387 e. The molecule has 0 spiro atoms. The zero-order valence-electron chi connectivity index (χ0n) is 10.3. The summed E-state index contributed by atoms with van der Waals surface area (Å²) in [4.78, 5) is 11.6. The molecule has 0 radical (unpaired) electrons. The van der Waals surface area contributed by atoms with Crippen LogP contribution < -0.4 is 5.32 Å². The molecule has 0 fully saturated rings. The minimum Gasteiger partial charge on any atom is -0.387 e. The second kappa shape index (κ2) is 6.87. The lowest BCUT2D eigenvalue weighted by molar-refractivity contribution is -0.116. The molecule has 1 aromatic heterocycles. The van der Waals surface area contributed by atoms with Gasteiger partial charge in [0.2, 0.25) is 5.91 Å². The Morgan fingerprint density at radius 1 is 1.32 bits per heavy atom. The summed E-state index contributed by atoms with van der Waals surface area (Å²) in [5.41, 5.74) is 1.80. The van der Waals surface area contributed by atoms with E-state index in [9.17, 15) is 9.90 Å². The smallest absolute Gasteiger partial charge is 0.244 e. The van der Waals surface area contributed by atoms with Crippen LogP contribution in [0.15, 0.2) is 53.2 Å². The molecule has 2 aromatic rings. The molecule has 0 aliphatic heterocycles. The van der Waals surface area contributed by atoms with Gasteiger partial charge in [-0.3, -0.25) is 4.79 Å². The minimum absolute atomic E-state index is 0.210. The van der Waals surface area contributed by atoms with Crippen LogP contribution in [0.4, 0.5) is 0 Å². The van der Waals surface area contributed by atoms with E-state index in [1.165, 1.54) is 17.4 Å². The molecule has 3 nitrogen and oxygen atoms in total. The lowest BCUT2D eigenvalue weighted by Crippen LogP contribution is -2.26. The Hall–Kier alpha value is -1.91. The predicted octanol–water partition coefficient (Wildman–Crippen LogP) is 2.61. The number of carbonyl (C=O) groups is 1. The molecule has 2 rings (SSSR count). The number of benzene rings is 1. The highest BCUT2D eigenvalue weighted by Gasteiger charge is 2.08. The van der Waals surface area contributed by atoms with Gasteiger partial charge in [0, 0.05) is 12.6 Å². The van der Waals surface area contributed by atoms with Crippen LogP contribution in [0.3, 0.4) is 0 Å². The van der Waals surface area contributed by atoms with E-state index in [4.69, 9.17) is 0 Å². The maximum atomic E-state index is 11.6. The van der Waals surface area contributed by atoms with Crippen LogP contribution in [0.25, 0.3) is 6.08 Å². The van der Waals surface area contributed by atoms with Crippen LogP contribution >= 0.6 is 11.3 Å².